The van der Waals surface area contributed by atoms with Gasteiger partial charge in [0, 0.05) is 12.1 Å². The van der Waals surface area contributed by atoms with E-state index >= 15 is 0 Å². The molecule has 0 amide bonds. The van der Waals surface area contributed by atoms with Crippen LogP contribution in [0.1, 0.15) is 64.2 Å². The van der Waals surface area contributed by atoms with Crippen LogP contribution in [0.25, 0.3) is 0 Å². The molecular weight excluding hydrogens is 198 g/mol. The van der Waals surface area contributed by atoms with E-state index < -0.39 is 0 Å². The van der Waals surface area contributed by atoms with Crippen LogP contribution in [0.5, 0.6) is 0 Å². The molecule has 2 atom stereocenters. The number of piperidine rings is 2. The van der Waals surface area contributed by atoms with Crippen molar-refractivity contribution in [1.29, 1.82) is 0 Å². The highest BCUT2D eigenvalue weighted by molar-refractivity contribution is 4.98. The first-order valence-corrected chi connectivity index (χ1v) is 7.22. The van der Waals surface area contributed by atoms with E-state index in [0.717, 1.165) is 25.2 Å². The number of aliphatic hydroxyl groups is 1. The van der Waals surface area contributed by atoms with Crippen molar-refractivity contribution in [2.24, 2.45) is 5.92 Å². The van der Waals surface area contributed by atoms with Crippen LogP contribution in [0, 0.1) is 5.92 Å². The lowest BCUT2D eigenvalue weighted by Crippen LogP contribution is -2.56. The highest BCUT2D eigenvalue weighted by Gasteiger charge is 2.41. The zero-order chi connectivity index (χ0) is 11.0. The van der Waals surface area contributed by atoms with Crippen molar-refractivity contribution in [3.8, 4) is 0 Å². The summed E-state index contributed by atoms with van der Waals surface area (Å²) >= 11 is 0. The van der Waals surface area contributed by atoms with Gasteiger partial charge in [-0.1, -0.05) is 32.1 Å². The van der Waals surface area contributed by atoms with Crippen molar-refractivity contribution in [3.05, 3.63) is 0 Å². The SMILES string of the molecule is OC1(CC2CCCC2)CC2CCCC(C1)N2. The van der Waals surface area contributed by atoms with E-state index in [4.69, 9.17) is 0 Å². The van der Waals surface area contributed by atoms with E-state index in [-0.39, 0.29) is 5.60 Å². The largest absolute Gasteiger partial charge is 0.390 e. The lowest BCUT2D eigenvalue weighted by atomic mass is 9.73. The standard InChI is InChI=1S/C14H25NO/c16-14(8-11-4-1-2-5-11)9-12-6-3-7-13(10-14)15-12/h11-13,15-16H,1-10H2. The topological polar surface area (TPSA) is 32.3 Å². The molecule has 2 unspecified atom stereocenters. The number of fused-ring (bicyclic) bond motifs is 2. The van der Waals surface area contributed by atoms with Crippen LogP contribution in [0.4, 0.5) is 0 Å². The summed E-state index contributed by atoms with van der Waals surface area (Å²) in [5.74, 6) is 0.823. The van der Waals surface area contributed by atoms with Gasteiger partial charge < -0.3 is 10.4 Å². The molecule has 0 aromatic carbocycles. The molecule has 92 valence electrons. The van der Waals surface area contributed by atoms with Crippen LogP contribution in [0.15, 0.2) is 0 Å². The monoisotopic (exact) mass is 223 g/mol. The average molecular weight is 223 g/mol. The number of hydrogen-bond donors (Lipinski definition) is 2. The van der Waals surface area contributed by atoms with Gasteiger partial charge in [0.05, 0.1) is 5.60 Å². The molecule has 1 aliphatic carbocycles. The average Bonchev–Trinajstić information content (AvgIpc) is 2.68. The molecule has 2 bridgehead atoms. The lowest BCUT2D eigenvalue weighted by molar-refractivity contribution is -0.0477. The Kier molecular flexibility index (Phi) is 2.97. The Balaban J connectivity index is 1.63. The third-order valence-corrected chi connectivity index (χ3v) is 4.97. The van der Waals surface area contributed by atoms with Gasteiger partial charge >= 0.3 is 0 Å². The molecule has 0 aromatic rings. The molecule has 0 radical (unpaired) electrons. The smallest absolute Gasteiger partial charge is 0.0680 e. The first-order valence-electron chi connectivity index (χ1n) is 7.22. The predicted octanol–water partition coefficient (Wildman–Crippen LogP) is 2.60. The van der Waals surface area contributed by atoms with Crippen molar-refractivity contribution < 1.29 is 5.11 Å². The van der Waals surface area contributed by atoms with Crippen LogP contribution >= 0.6 is 0 Å². The van der Waals surface area contributed by atoms with E-state index in [9.17, 15) is 5.11 Å². The fraction of sp³-hybridized carbons (Fsp3) is 1.00. The Morgan fingerprint density at radius 3 is 2.19 bits per heavy atom. The minimum absolute atomic E-state index is 0.323. The van der Waals surface area contributed by atoms with Gasteiger partial charge in [-0.15, -0.1) is 0 Å². The third kappa shape index (κ3) is 2.28. The first kappa shape index (κ1) is 11.0. The van der Waals surface area contributed by atoms with Gasteiger partial charge in [0.25, 0.3) is 0 Å². The molecular formula is C14H25NO. The molecule has 2 N–H and O–H groups in total. The van der Waals surface area contributed by atoms with Crippen molar-refractivity contribution in [2.45, 2.75) is 81.9 Å². The van der Waals surface area contributed by atoms with Crippen molar-refractivity contribution >= 4 is 0 Å². The van der Waals surface area contributed by atoms with Gasteiger partial charge in [-0.2, -0.15) is 0 Å². The molecule has 0 aromatic heterocycles. The molecule has 2 nitrogen and oxygen atoms in total. The van der Waals surface area contributed by atoms with E-state index in [2.05, 4.69) is 5.32 Å². The minimum Gasteiger partial charge on any atom is -0.390 e. The first-order chi connectivity index (χ1) is 7.73. The maximum absolute atomic E-state index is 10.8. The molecule has 2 heteroatoms. The number of nitrogens with one attached hydrogen (secondary N) is 1. The summed E-state index contributed by atoms with van der Waals surface area (Å²) in [4.78, 5) is 0. The number of rotatable bonds is 2. The molecule has 3 rings (SSSR count). The normalized spacial score (nSPS) is 44.8. The Morgan fingerprint density at radius 2 is 1.56 bits per heavy atom. The fourth-order valence-electron chi connectivity index (χ4n) is 4.35. The molecule has 2 aliphatic heterocycles. The summed E-state index contributed by atoms with van der Waals surface area (Å²) in [5.41, 5.74) is -0.323. The van der Waals surface area contributed by atoms with Crippen LogP contribution < -0.4 is 5.32 Å². The van der Waals surface area contributed by atoms with Crippen LogP contribution in [-0.4, -0.2) is 22.8 Å². The molecule has 3 fully saturated rings. The van der Waals surface area contributed by atoms with Gasteiger partial charge in [0.1, 0.15) is 0 Å². The van der Waals surface area contributed by atoms with Crippen molar-refractivity contribution in [3.63, 3.8) is 0 Å². The second-order valence-electron chi connectivity index (χ2n) is 6.48. The summed E-state index contributed by atoms with van der Waals surface area (Å²) in [7, 11) is 0. The van der Waals surface area contributed by atoms with Gasteiger partial charge in [0.2, 0.25) is 0 Å². The van der Waals surface area contributed by atoms with Crippen molar-refractivity contribution in [1.82, 2.24) is 5.32 Å². The summed E-state index contributed by atoms with van der Waals surface area (Å²) in [6.07, 6.45) is 12.6. The second-order valence-corrected chi connectivity index (χ2v) is 6.48. The van der Waals surface area contributed by atoms with E-state index in [0.29, 0.717) is 12.1 Å². The fourth-order valence-corrected chi connectivity index (χ4v) is 4.35. The van der Waals surface area contributed by atoms with E-state index in [1.807, 2.05) is 0 Å². The number of hydrogen-bond acceptors (Lipinski definition) is 2. The Morgan fingerprint density at radius 1 is 0.938 bits per heavy atom. The van der Waals surface area contributed by atoms with Crippen LogP contribution in [0.2, 0.25) is 0 Å². The van der Waals surface area contributed by atoms with Crippen molar-refractivity contribution in [2.75, 3.05) is 0 Å². The predicted molar refractivity (Wildman–Crippen MR) is 65.3 cm³/mol. The summed E-state index contributed by atoms with van der Waals surface area (Å²) in [5, 5.41) is 14.5. The zero-order valence-electron chi connectivity index (χ0n) is 10.3. The maximum Gasteiger partial charge on any atom is 0.0680 e. The Hall–Kier alpha value is -0.0800. The van der Waals surface area contributed by atoms with E-state index in [1.54, 1.807) is 0 Å². The molecule has 2 saturated heterocycles. The summed E-state index contributed by atoms with van der Waals surface area (Å²) in [6.45, 7) is 0. The summed E-state index contributed by atoms with van der Waals surface area (Å²) in [6, 6.07) is 1.22. The summed E-state index contributed by atoms with van der Waals surface area (Å²) < 4.78 is 0. The molecule has 3 aliphatic rings. The van der Waals surface area contributed by atoms with Crippen LogP contribution in [0.3, 0.4) is 0 Å². The quantitative estimate of drug-likeness (QED) is 0.754. The van der Waals surface area contributed by atoms with Gasteiger partial charge in [-0.05, 0) is 38.0 Å². The third-order valence-electron chi connectivity index (χ3n) is 4.97. The Bertz CT molecular complexity index is 235. The van der Waals surface area contributed by atoms with Gasteiger partial charge in [-0.3, -0.25) is 0 Å². The second kappa shape index (κ2) is 4.30. The highest BCUT2D eigenvalue weighted by atomic mass is 16.3. The van der Waals surface area contributed by atoms with Crippen LogP contribution in [-0.2, 0) is 0 Å². The minimum atomic E-state index is -0.323. The van der Waals surface area contributed by atoms with Gasteiger partial charge in [-0.25, -0.2) is 0 Å². The molecule has 2 heterocycles. The lowest BCUT2D eigenvalue weighted by Gasteiger charge is -2.46. The zero-order valence-corrected chi connectivity index (χ0v) is 10.3. The maximum atomic E-state index is 10.8. The molecule has 16 heavy (non-hydrogen) atoms. The Labute approximate surface area is 98.8 Å². The van der Waals surface area contributed by atoms with E-state index in [1.165, 1.54) is 44.9 Å². The van der Waals surface area contributed by atoms with Gasteiger partial charge in [0.15, 0.2) is 0 Å². The molecule has 0 spiro atoms. The highest BCUT2D eigenvalue weighted by Crippen LogP contribution is 2.40. The molecule has 1 saturated carbocycles.